The van der Waals surface area contributed by atoms with Gasteiger partial charge in [-0.2, -0.15) is 0 Å². The molecule has 0 aliphatic rings. The summed E-state index contributed by atoms with van der Waals surface area (Å²) in [5.74, 6) is 0.987. The maximum atomic E-state index is 12.3. The highest BCUT2D eigenvalue weighted by Gasteiger charge is 2.21. The van der Waals surface area contributed by atoms with Crippen LogP contribution in [-0.2, 0) is 11.3 Å². The van der Waals surface area contributed by atoms with Gasteiger partial charge in [0.05, 0.1) is 0 Å². The lowest BCUT2D eigenvalue weighted by Crippen LogP contribution is -2.36. The van der Waals surface area contributed by atoms with E-state index in [0.717, 1.165) is 17.8 Å². The third-order valence-electron chi connectivity index (χ3n) is 4.15. The summed E-state index contributed by atoms with van der Waals surface area (Å²) in [7, 11) is 0. The van der Waals surface area contributed by atoms with Crippen LogP contribution in [0, 0.1) is 11.8 Å². The van der Waals surface area contributed by atoms with Gasteiger partial charge in [-0.15, -0.1) is 0 Å². The highest BCUT2D eigenvalue weighted by Crippen LogP contribution is 2.17. The molecular weight excluding hydrogens is 314 g/mol. The zero-order chi connectivity index (χ0) is 19.0. The number of rotatable bonds is 8. The zero-order valence-electron chi connectivity index (χ0n) is 16.6. The average molecular weight is 350 g/mol. The zero-order valence-corrected chi connectivity index (χ0v) is 16.6. The van der Waals surface area contributed by atoms with E-state index >= 15 is 0 Å². The van der Waals surface area contributed by atoms with E-state index in [1.54, 1.807) is 4.90 Å². The number of ether oxygens (including phenoxy) is 1. The number of hydrogen-bond donors (Lipinski definition) is 2. The van der Waals surface area contributed by atoms with Crippen molar-refractivity contribution in [2.75, 3.05) is 25.0 Å². The molecule has 0 saturated carbocycles. The Morgan fingerprint density at radius 2 is 2.00 bits per heavy atom. The number of hydrogen-bond acceptors (Lipinski definition) is 4. The van der Waals surface area contributed by atoms with Crippen molar-refractivity contribution >= 4 is 11.8 Å². The van der Waals surface area contributed by atoms with Crippen molar-refractivity contribution < 1.29 is 9.53 Å². The van der Waals surface area contributed by atoms with Gasteiger partial charge >= 0.3 is 6.09 Å². The number of amides is 1. The molecule has 0 radical (unpaired) electrons. The van der Waals surface area contributed by atoms with E-state index < -0.39 is 5.60 Å². The van der Waals surface area contributed by atoms with Crippen molar-refractivity contribution in [1.29, 1.82) is 0 Å². The number of anilines is 1. The second kappa shape index (κ2) is 9.66. The fraction of sp³-hybridized carbons (Fsp3) is 0.650. The Hall–Kier alpha value is -1.75. The minimum absolute atomic E-state index is 0.281. The van der Waals surface area contributed by atoms with Gasteiger partial charge in [-0.1, -0.05) is 26.0 Å². The van der Waals surface area contributed by atoms with Crippen molar-refractivity contribution in [1.82, 2.24) is 4.90 Å². The van der Waals surface area contributed by atoms with Gasteiger partial charge in [-0.25, -0.2) is 4.79 Å². The van der Waals surface area contributed by atoms with Gasteiger partial charge in [0.25, 0.3) is 0 Å². The van der Waals surface area contributed by atoms with Crippen LogP contribution in [0.2, 0.25) is 0 Å². The molecule has 1 amide bonds. The van der Waals surface area contributed by atoms with E-state index in [9.17, 15) is 4.79 Å². The molecule has 25 heavy (non-hydrogen) atoms. The summed E-state index contributed by atoms with van der Waals surface area (Å²) in [5.41, 5.74) is 7.48. The molecule has 142 valence electrons. The lowest BCUT2D eigenvalue weighted by atomic mass is 9.96. The van der Waals surface area contributed by atoms with Gasteiger partial charge in [-0.05, 0) is 63.8 Å². The van der Waals surface area contributed by atoms with E-state index in [4.69, 9.17) is 10.5 Å². The van der Waals surface area contributed by atoms with Gasteiger partial charge in [0.2, 0.25) is 0 Å². The normalized spacial score (nSPS) is 12.8. The first-order valence-corrected chi connectivity index (χ1v) is 9.17. The smallest absolute Gasteiger partial charge is 0.410 e. The number of benzene rings is 1. The molecule has 0 fully saturated rings. The minimum atomic E-state index is -0.484. The Kier molecular flexibility index (Phi) is 8.23. The second-order valence-corrected chi connectivity index (χ2v) is 7.82. The molecule has 0 spiro atoms. The average Bonchev–Trinajstić information content (AvgIpc) is 2.51. The van der Waals surface area contributed by atoms with Crippen LogP contribution in [0.3, 0.4) is 0 Å². The molecule has 0 aliphatic carbocycles. The van der Waals surface area contributed by atoms with E-state index in [2.05, 4.69) is 25.2 Å². The van der Waals surface area contributed by atoms with Crippen LogP contribution < -0.4 is 11.1 Å². The molecule has 0 aromatic heterocycles. The van der Waals surface area contributed by atoms with Crippen LogP contribution in [0.5, 0.6) is 0 Å². The number of carbonyl (C=O) groups is 1. The predicted octanol–water partition coefficient (Wildman–Crippen LogP) is 4.09. The summed E-state index contributed by atoms with van der Waals surface area (Å²) in [6, 6.07) is 8.16. The van der Waals surface area contributed by atoms with E-state index in [1.807, 2.05) is 45.9 Å². The third kappa shape index (κ3) is 7.78. The number of carbonyl (C=O) groups excluding carboxylic acids is 1. The van der Waals surface area contributed by atoms with E-state index in [0.29, 0.717) is 31.5 Å². The van der Waals surface area contributed by atoms with Gasteiger partial charge < -0.3 is 20.7 Å². The van der Waals surface area contributed by atoms with Crippen LogP contribution >= 0.6 is 0 Å². The summed E-state index contributed by atoms with van der Waals surface area (Å²) < 4.78 is 5.47. The topological polar surface area (TPSA) is 67.6 Å². The van der Waals surface area contributed by atoms with Crippen LogP contribution in [0.1, 0.15) is 47.1 Å². The highest BCUT2D eigenvalue weighted by atomic mass is 16.6. The van der Waals surface area contributed by atoms with Crippen molar-refractivity contribution in [3.63, 3.8) is 0 Å². The van der Waals surface area contributed by atoms with Crippen molar-refractivity contribution in [3.8, 4) is 0 Å². The lowest BCUT2D eigenvalue weighted by Gasteiger charge is -2.26. The molecule has 1 aromatic rings. The van der Waals surface area contributed by atoms with Gasteiger partial charge in [0.15, 0.2) is 0 Å². The quantitative estimate of drug-likeness (QED) is 0.742. The molecular formula is C20H35N3O2. The lowest BCUT2D eigenvalue weighted by molar-refractivity contribution is 0.0244. The summed E-state index contributed by atoms with van der Waals surface area (Å²) >= 11 is 0. The molecule has 1 aromatic carbocycles. The molecule has 0 heterocycles. The summed E-state index contributed by atoms with van der Waals surface area (Å²) in [4.78, 5) is 14.0. The molecule has 0 bridgehead atoms. The number of nitrogens with zero attached hydrogens (tertiary/aromatic N) is 1. The molecule has 5 nitrogen and oxygen atoms in total. The molecule has 1 rings (SSSR count). The van der Waals surface area contributed by atoms with Gasteiger partial charge in [-0.3, -0.25) is 0 Å². The largest absolute Gasteiger partial charge is 0.444 e. The Morgan fingerprint density at radius 3 is 2.52 bits per heavy atom. The molecule has 5 heteroatoms. The summed E-state index contributed by atoms with van der Waals surface area (Å²) in [6.45, 7) is 14.6. The van der Waals surface area contributed by atoms with Crippen molar-refractivity contribution in [3.05, 3.63) is 29.8 Å². The standard InChI is InChI=1S/C20H35N3O2/c1-7-23(19(24)25-20(4,5)6)14-16-9-8-10-18(11-16)22-13-17(12-21)15(2)3/h8-11,15,17,22H,7,12-14,21H2,1-6H3. The maximum Gasteiger partial charge on any atom is 0.410 e. The molecule has 3 N–H and O–H groups in total. The predicted molar refractivity (Wildman–Crippen MR) is 105 cm³/mol. The Bertz CT molecular complexity index is 538. The fourth-order valence-electron chi connectivity index (χ4n) is 2.47. The Morgan fingerprint density at radius 1 is 1.32 bits per heavy atom. The van der Waals surface area contributed by atoms with Gasteiger partial charge in [0.1, 0.15) is 5.60 Å². The molecule has 1 unspecified atom stereocenters. The van der Waals surface area contributed by atoms with Crippen LogP contribution in [0.4, 0.5) is 10.5 Å². The first-order valence-electron chi connectivity index (χ1n) is 9.17. The SMILES string of the molecule is CCN(Cc1cccc(NCC(CN)C(C)C)c1)C(=O)OC(C)(C)C. The first-order chi connectivity index (χ1) is 11.7. The molecule has 0 aliphatic heterocycles. The third-order valence-corrected chi connectivity index (χ3v) is 4.15. The van der Waals surface area contributed by atoms with E-state index in [1.165, 1.54) is 0 Å². The monoisotopic (exact) mass is 349 g/mol. The highest BCUT2D eigenvalue weighted by molar-refractivity contribution is 5.68. The summed E-state index contributed by atoms with van der Waals surface area (Å²) in [5, 5.41) is 3.46. The van der Waals surface area contributed by atoms with Crippen molar-refractivity contribution in [2.24, 2.45) is 17.6 Å². The van der Waals surface area contributed by atoms with Gasteiger partial charge in [0, 0.05) is 25.3 Å². The van der Waals surface area contributed by atoms with E-state index in [-0.39, 0.29) is 6.09 Å². The maximum absolute atomic E-state index is 12.3. The molecule has 0 saturated heterocycles. The first kappa shape index (κ1) is 21.3. The van der Waals surface area contributed by atoms with Crippen molar-refractivity contribution in [2.45, 2.75) is 53.7 Å². The summed E-state index contributed by atoms with van der Waals surface area (Å²) in [6.07, 6.45) is -0.281. The Labute approximate surface area is 152 Å². The fourth-order valence-corrected chi connectivity index (χ4v) is 2.47. The molecule has 1 atom stereocenters. The van der Waals surface area contributed by atoms with Crippen LogP contribution in [0.25, 0.3) is 0 Å². The van der Waals surface area contributed by atoms with Crippen LogP contribution in [-0.4, -0.2) is 36.2 Å². The van der Waals surface area contributed by atoms with Crippen LogP contribution in [0.15, 0.2) is 24.3 Å². The number of nitrogens with one attached hydrogen (secondary N) is 1. The second-order valence-electron chi connectivity index (χ2n) is 7.82. The Balaban J connectivity index is 2.71. The minimum Gasteiger partial charge on any atom is -0.444 e. The number of nitrogens with two attached hydrogens (primary N) is 1.